The molecule has 5 heteroatoms. The minimum absolute atomic E-state index is 0.0121. The summed E-state index contributed by atoms with van der Waals surface area (Å²) in [4.78, 5) is 17.4. The summed E-state index contributed by atoms with van der Waals surface area (Å²) in [5.74, 6) is 2.02. The second-order valence-electron chi connectivity index (χ2n) is 9.65. The largest absolute Gasteiger partial charge is 0.492 e. The lowest BCUT2D eigenvalue weighted by molar-refractivity contribution is 0.0952. The number of carbonyl (C=O) groups is 1. The maximum atomic E-state index is 12.5. The highest BCUT2D eigenvalue weighted by Gasteiger charge is 2.11. The minimum atomic E-state index is 0.0121. The van der Waals surface area contributed by atoms with Crippen LogP contribution < -0.4 is 10.1 Å². The molecule has 1 aromatic heterocycles. The molecule has 0 atom stereocenters. The van der Waals surface area contributed by atoms with Crippen molar-refractivity contribution in [2.24, 2.45) is 0 Å². The van der Waals surface area contributed by atoms with Gasteiger partial charge in [0, 0.05) is 18.5 Å². The van der Waals surface area contributed by atoms with Gasteiger partial charge in [0.15, 0.2) is 0 Å². The number of hydrogen-bond donors (Lipinski definition) is 1. The molecule has 0 aliphatic heterocycles. The lowest BCUT2D eigenvalue weighted by Crippen LogP contribution is -2.25. The first kappa shape index (κ1) is 25.5. The highest BCUT2D eigenvalue weighted by atomic mass is 16.5. The molecule has 1 heterocycles. The van der Waals surface area contributed by atoms with Crippen LogP contribution in [0, 0.1) is 27.7 Å². The molecule has 0 unspecified atom stereocenters. The summed E-state index contributed by atoms with van der Waals surface area (Å²) in [6, 6.07) is 20.5. The van der Waals surface area contributed by atoms with Gasteiger partial charge in [0.25, 0.3) is 5.91 Å². The third-order valence-corrected chi connectivity index (χ3v) is 6.78. The van der Waals surface area contributed by atoms with Crippen molar-refractivity contribution in [1.82, 2.24) is 14.9 Å². The molecular weight excluding hydrogens is 446 g/mol. The second kappa shape index (κ2) is 11.9. The standard InChI is InChI=1S/C31H37N3O2/c1-22-13-16-27(25(4)20-22)31(35)32-17-9-5-6-12-30-33-28-10-7-8-11-29(28)34(30)18-19-36-26-15-14-23(2)24(3)21-26/h7-8,10-11,13-16,20-21H,5-6,9,12,17-19H2,1-4H3,(H,32,35). The molecule has 5 nitrogen and oxygen atoms in total. The zero-order valence-corrected chi connectivity index (χ0v) is 21.9. The third-order valence-electron chi connectivity index (χ3n) is 6.78. The zero-order valence-electron chi connectivity index (χ0n) is 21.9. The van der Waals surface area contributed by atoms with Crippen LogP contribution in [0.2, 0.25) is 0 Å². The minimum Gasteiger partial charge on any atom is -0.492 e. The van der Waals surface area contributed by atoms with Gasteiger partial charge in [-0.05, 0) is 87.6 Å². The Morgan fingerprint density at radius 2 is 1.72 bits per heavy atom. The summed E-state index contributed by atoms with van der Waals surface area (Å²) in [5.41, 5.74) is 7.65. The van der Waals surface area contributed by atoms with E-state index >= 15 is 0 Å². The smallest absolute Gasteiger partial charge is 0.251 e. The fourth-order valence-corrected chi connectivity index (χ4v) is 4.57. The fourth-order valence-electron chi connectivity index (χ4n) is 4.57. The van der Waals surface area contributed by atoms with Crippen LogP contribution in [0.1, 0.15) is 57.7 Å². The van der Waals surface area contributed by atoms with E-state index in [2.05, 4.69) is 54.1 Å². The Balaban J connectivity index is 1.28. The molecule has 0 spiro atoms. The van der Waals surface area contributed by atoms with E-state index in [1.54, 1.807) is 0 Å². The van der Waals surface area contributed by atoms with Crippen molar-refractivity contribution < 1.29 is 9.53 Å². The summed E-state index contributed by atoms with van der Waals surface area (Å²) in [6.07, 6.45) is 3.92. The van der Waals surface area contributed by atoms with Gasteiger partial charge in [-0.3, -0.25) is 4.79 Å². The van der Waals surface area contributed by atoms with Gasteiger partial charge in [-0.25, -0.2) is 4.98 Å². The van der Waals surface area contributed by atoms with Gasteiger partial charge in [0.2, 0.25) is 0 Å². The van der Waals surface area contributed by atoms with E-state index in [0.29, 0.717) is 13.2 Å². The Hall–Kier alpha value is -3.60. The van der Waals surface area contributed by atoms with Gasteiger partial charge in [-0.2, -0.15) is 0 Å². The number of amides is 1. The first-order chi connectivity index (χ1) is 17.4. The molecule has 1 amide bonds. The molecule has 4 aromatic rings. The Morgan fingerprint density at radius 3 is 2.53 bits per heavy atom. The van der Waals surface area contributed by atoms with Gasteiger partial charge in [-0.15, -0.1) is 0 Å². The van der Waals surface area contributed by atoms with Gasteiger partial charge < -0.3 is 14.6 Å². The van der Waals surface area contributed by atoms with Gasteiger partial charge in [-0.1, -0.05) is 42.3 Å². The van der Waals surface area contributed by atoms with E-state index in [1.807, 2.05) is 44.2 Å². The maximum absolute atomic E-state index is 12.5. The van der Waals surface area contributed by atoms with E-state index in [9.17, 15) is 4.79 Å². The molecular formula is C31H37N3O2. The van der Waals surface area contributed by atoms with Crippen LogP contribution >= 0.6 is 0 Å². The van der Waals surface area contributed by atoms with Crippen LogP contribution in [0.25, 0.3) is 11.0 Å². The maximum Gasteiger partial charge on any atom is 0.251 e. The van der Waals surface area contributed by atoms with Gasteiger partial charge >= 0.3 is 0 Å². The predicted octanol–water partition coefficient (Wildman–Crippen LogP) is 6.49. The molecule has 36 heavy (non-hydrogen) atoms. The number of aromatic nitrogens is 2. The molecule has 0 radical (unpaired) electrons. The number of rotatable bonds is 11. The number of unbranched alkanes of at least 4 members (excludes halogenated alkanes) is 2. The zero-order chi connectivity index (χ0) is 25.5. The molecule has 0 saturated heterocycles. The Bertz CT molecular complexity index is 1340. The summed E-state index contributed by atoms with van der Waals surface area (Å²) in [5, 5.41) is 3.07. The van der Waals surface area contributed by atoms with Crippen molar-refractivity contribution in [2.75, 3.05) is 13.2 Å². The molecule has 3 aromatic carbocycles. The molecule has 0 fully saturated rings. The molecule has 0 bridgehead atoms. The number of imidazole rings is 1. The van der Waals surface area contributed by atoms with Crippen molar-refractivity contribution in [2.45, 2.75) is 59.9 Å². The molecule has 0 aliphatic carbocycles. The first-order valence-electron chi connectivity index (χ1n) is 12.9. The van der Waals surface area contributed by atoms with Crippen molar-refractivity contribution in [3.63, 3.8) is 0 Å². The van der Waals surface area contributed by atoms with Crippen molar-refractivity contribution in [1.29, 1.82) is 0 Å². The predicted molar refractivity (Wildman–Crippen MR) is 147 cm³/mol. The monoisotopic (exact) mass is 483 g/mol. The summed E-state index contributed by atoms with van der Waals surface area (Å²) >= 11 is 0. The van der Waals surface area contributed by atoms with Crippen molar-refractivity contribution in [3.05, 3.63) is 94.3 Å². The highest BCUT2D eigenvalue weighted by molar-refractivity contribution is 5.95. The number of fused-ring (bicyclic) bond motifs is 1. The van der Waals surface area contributed by atoms with Crippen molar-refractivity contribution in [3.8, 4) is 5.75 Å². The first-order valence-corrected chi connectivity index (χ1v) is 12.9. The second-order valence-corrected chi connectivity index (χ2v) is 9.65. The summed E-state index contributed by atoms with van der Waals surface area (Å²) in [6.45, 7) is 10.3. The number of aryl methyl sites for hydroxylation is 5. The van der Waals surface area contributed by atoms with Crippen molar-refractivity contribution >= 4 is 16.9 Å². The number of para-hydroxylation sites is 2. The normalized spacial score (nSPS) is 11.1. The van der Waals surface area contributed by atoms with Crippen LogP contribution in [-0.2, 0) is 13.0 Å². The quantitative estimate of drug-likeness (QED) is 0.248. The summed E-state index contributed by atoms with van der Waals surface area (Å²) < 4.78 is 8.35. The van der Waals surface area contributed by atoms with E-state index in [-0.39, 0.29) is 5.91 Å². The van der Waals surface area contributed by atoms with Gasteiger partial charge in [0.1, 0.15) is 18.2 Å². The Morgan fingerprint density at radius 1 is 0.889 bits per heavy atom. The average molecular weight is 484 g/mol. The summed E-state index contributed by atoms with van der Waals surface area (Å²) in [7, 11) is 0. The Labute approximate surface area is 214 Å². The van der Waals surface area contributed by atoms with Crippen LogP contribution in [-0.4, -0.2) is 28.6 Å². The number of nitrogens with one attached hydrogen (secondary N) is 1. The SMILES string of the molecule is Cc1ccc(C(=O)NCCCCCc2nc3ccccc3n2CCOc2ccc(C)c(C)c2)c(C)c1. The molecule has 4 rings (SSSR count). The van der Waals surface area contributed by atoms with E-state index in [4.69, 9.17) is 9.72 Å². The topological polar surface area (TPSA) is 56.2 Å². The van der Waals surface area contributed by atoms with Crippen LogP contribution in [0.5, 0.6) is 5.75 Å². The van der Waals surface area contributed by atoms with Crippen LogP contribution in [0.15, 0.2) is 60.7 Å². The molecule has 0 aliphatic rings. The molecule has 1 N–H and O–H groups in total. The number of nitrogens with zero attached hydrogens (tertiary/aromatic N) is 2. The van der Waals surface area contributed by atoms with Crippen LogP contribution in [0.3, 0.4) is 0 Å². The lowest BCUT2D eigenvalue weighted by Gasteiger charge is -2.12. The molecule has 188 valence electrons. The lowest BCUT2D eigenvalue weighted by atomic mass is 10.1. The number of ether oxygens (including phenoxy) is 1. The highest BCUT2D eigenvalue weighted by Crippen LogP contribution is 2.20. The fraction of sp³-hybridized carbons (Fsp3) is 0.355. The van der Waals surface area contributed by atoms with E-state index < -0.39 is 0 Å². The van der Waals surface area contributed by atoms with Crippen LogP contribution in [0.4, 0.5) is 0 Å². The number of hydrogen-bond acceptors (Lipinski definition) is 3. The van der Waals surface area contributed by atoms with E-state index in [1.165, 1.54) is 16.7 Å². The molecule has 0 saturated carbocycles. The number of carbonyl (C=O) groups excluding carboxylic acids is 1. The average Bonchev–Trinajstić information content (AvgIpc) is 3.20. The Kier molecular flexibility index (Phi) is 8.42. The van der Waals surface area contributed by atoms with Gasteiger partial charge in [0.05, 0.1) is 17.6 Å². The third kappa shape index (κ3) is 6.34. The van der Waals surface area contributed by atoms with E-state index in [0.717, 1.165) is 66.0 Å². The number of benzene rings is 3.